The van der Waals surface area contributed by atoms with E-state index < -0.39 is 34.0 Å². The van der Waals surface area contributed by atoms with Crippen molar-refractivity contribution in [2.75, 3.05) is 24.5 Å². The lowest BCUT2D eigenvalue weighted by Crippen LogP contribution is -2.54. The Bertz CT molecular complexity index is 3030. The second-order valence-electron chi connectivity index (χ2n) is 15.0. The van der Waals surface area contributed by atoms with Crippen LogP contribution < -0.4 is 15.2 Å². The number of carbonyl (C=O) groups is 1. The molecule has 5 aromatic heterocycles. The number of anilines is 1. The highest BCUT2D eigenvalue weighted by atomic mass is 35.5. The number of thiophene rings is 1. The Morgan fingerprint density at radius 2 is 1.89 bits per heavy atom. The molecule has 1 saturated carbocycles. The molecule has 6 heterocycles. The summed E-state index contributed by atoms with van der Waals surface area (Å²) in [6, 6.07) is 11.9. The number of benzene rings is 1. The van der Waals surface area contributed by atoms with Crippen molar-refractivity contribution in [3.63, 3.8) is 0 Å². The van der Waals surface area contributed by atoms with E-state index in [1.807, 2.05) is 11.8 Å². The van der Waals surface area contributed by atoms with E-state index in [1.54, 1.807) is 31.2 Å². The molecule has 8 rings (SSSR count). The van der Waals surface area contributed by atoms with Gasteiger partial charge in [0.05, 0.1) is 45.5 Å². The Labute approximate surface area is 368 Å². The molecule has 0 unspecified atom stereocenters. The number of nitrogens with zero attached hydrogens (tertiary/aromatic N) is 8. The topological polar surface area (TPSA) is 176 Å². The second-order valence-corrected chi connectivity index (χ2v) is 18.0. The molecule has 1 N–H and O–H groups in total. The fourth-order valence-electron chi connectivity index (χ4n) is 8.19. The number of carbonyl (C=O) groups excluding carboxylic acids is 1. The van der Waals surface area contributed by atoms with Crippen LogP contribution in [0.5, 0.6) is 0 Å². The van der Waals surface area contributed by atoms with E-state index >= 15 is 0 Å². The van der Waals surface area contributed by atoms with Crippen molar-refractivity contribution in [1.29, 1.82) is 5.26 Å². The predicted octanol–water partition coefficient (Wildman–Crippen LogP) is 6.83. The van der Waals surface area contributed by atoms with Crippen LogP contribution >= 0.6 is 22.9 Å². The summed E-state index contributed by atoms with van der Waals surface area (Å²) in [5.74, 6) is 6.11. The lowest BCUT2D eigenvalue weighted by atomic mass is 9.86. The van der Waals surface area contributed by atoms with Crippen LogP contribution in [-0.4, -0.2) is 87.9 Å². The number of rotatable bonds is 10. The van der Waals surface area contributed by atoms with Gasteiger partial charge < -0.3 is 9.80 Å². The third kappa shape index (κ3) is 8.97. The maximum absolute atomic E-state index is 14.3. The van der Waals surface area contributed by atoms with Gasteiger partial charge in [0, 0.05) is 77.4 Å². The maximum Gasteiger partial charge on any atom is 0.522 e. The number of piperidine rings is 1. The SMILES string of the molecule is CCN(c1ncc2nc(C)n(CC#Cc3ccc(Cl)cc3-c3ccnc4c(C(=O)NS(=O)(=O)c5cccnc5)csc34)c(=O)c2c1C#N)C1CCN(C2CC(OC(F)(F)F)C2)CC1. The van der Waals surface area contributed by atoms with Crippen LogP contribution in [0.15, 0.2) is 76.3 Å². The van der Waals surface area contributed by atoms with Gasteiger partial charge in [-0.1, -0.05) is 23.4 Å². The van der Waals surface area contributed by atoms with E-state index in [1.165, 1.54) is 52.0 Å². The van der Waals surface area contributed by atoms with Gasteiger partial charge in [-0.2, -0.15) is 5.26 Å². The van der Waals surface area contributed by atoms with E-state index in [0.29, 0.717) is 83.4 Å². The van der Waals surface area contributed by atoms with Crippen LogP contribution in [0, 0.1) is 30.1 Å². The molecule has 1 aliphatic carbocycles. The number of sulfonamides is 1. The average molecular weight is 916 g/mol. The number of nitriles is 1. The molecule has 2 fully saturated rings. The molecule has 0 radical (unpaired) electrons. The number of nitrogens with one attached hydrogen (secondary N) is 1. The van der Waals surface area contributed by atoms with E-state index in [9.17, 15) is 36.4 Å². The number of aryl methyl sites for hydroxylation is 1. The molecule has 324 valence electrons. The van der Waals surface area contributed by atoms with E-state index in [4.69, 9.17) is 11.6 Å². The quantitative estimate of drug-likeness (QED) is 0.142. The molecule has 6 aromatic rings. The maximum atomic E-state index is 14.3. The van der Waals surface area contributed by atoms with Gasteiger partial charge in [-0.15, -0.1) is 24.5 Å². The highest BCUT2D eigenvalue weighted by Gasteiger charge is 2.43. The molecule has 1 aliphatic heterocycles. The first-order valence-corrected chi connectivity index (χ1v) is 22.6. The smallest absolute Gasteiger partial charge is 0.353 e. The van der Waals surface area contributed by atoms with E-state index in [-0.39, 0.29) is 51.1 Å². The normalized spacial score (nSPS) is 17.2. The summed E-state index contributed by atoms with van der Waals surface area (Å²) in [5, 5.41) is 12.6. The number of pyridine rings is 3. The van der Waals surface area contributed by atoms with Crippen molar-refractivity contribution in [2.24, 2.45) is 0 Å². The minimum Gasteiger partial charge on any atom is -0.353 e. The molecule has 0 spiro atoms. The fraction of sp³-hybridized carbons (Fsp3) is 0.326. The van der Waals surface area contributed by atoms with Gasteiger partial charge in [0.15, 0.2) is 0 Å². The second kappa shape index (κ2) is 17.7. The Hall–Kier alpha value is -5.96. The van der Waals surface area contributed by atoms with Crippen molar-refractivity contribution >= 4 is 65.8 Å². The molecular weight excluding hydrogens is 879 g/mol. The first kappa shape index (κ1) is 43.7. The lowest BCUT2D eigenvalue weighted by molar-refractivity contribution is -0.354. The molecule has 1 saturated heterocycles. The average Bonchev–Trinajstić information content (AvgIpc) is 3.69. The van der Waals surface area contributed by atoms with E-state index in [2.05, 4.69) is 52.2 Å². The molecule has 1 aromatic carbocycles. The highest BCUT2D eigenvalue weighted by Crippen LogP contribution is 2.38. The number of halogens is 4. The molecule has 0 bridgehead atoms. The molecular formula is C43H37ClF3N9O5S2. The van der Waals surface area contributed by atoms with Crippen molar-refractivity contribution in [2.45, 2.75) is 75.5 Å². The molecule has 0 atom stereocenters. The van der Waals surface area contributed by atoms with Crippen LogP contribution in [0.25, 0.3) is 32.2 Å². The Morgan fingerprint density at radius 3 is 2.59 bits per heavy atom. The van der Waals surface area contributed by atoms with Crippen LogP contribution in [0.4, 0.5) is 19.0 Å². The Balaban J connectivity index is 1.04. The largest absolute Gasteiger partial charge is 0.522 e. The molecule has 20 heteroatoms. The number of likely N-dealkylation sites (tertiary alicyclic amines) is 1. The van der Waals surface area contributed by atoms with Crippen LogP contribution in [0.1, 0.15) is 59.9 Å². The number of hydrogen-bond acceptors (Lipinski definition) is 13. The zero-order valence-electron chi connectivity index (χ0n) is 33.7. The minimum atomic E-state index is -4.64. The van der Waals surface area contributed by atoms with Gasteiger partial charge in [-0.25, -0.2) is 23.1 Å². The Kier molecular flexibility index (Phi) is 12.2. The van der Waals surface area contributed by atoms with Gasteiger partial charge >= 0.3 is 6.36 Å². The molecule has 14 nitrogen and oxygen atoms in total. The zero-order chi connectivity index (χ0) is 44.6. The summed E-state index contributed by atoms with van der Waals surface area (Å²) in [4.78, 5) is 49.1. The van der Waals surface area contributed by atoms with Crippen molar-refractivity contribution in [3.05, 3.63) is 104 Å². The number of amides is 1. The first-order valence-electron chi connectivity index (χ1n) is 19.8. The number of hydrogen-bond donors (Lipinski definition) is 1. The summed E-state index contributed by atoms with van der Waals surface area (Å²) in [6.45, 7) is 5.37. The zero-order valence-corrected chi connectivity index (χ0v) is 36.1. The summed E-state index contributed by atoms with van der Waals surface area (Å²) >= 11 is 7.68. The number of aromatic nitrogens is 5. The summed E-state index contributed by atoms with van der Waals surface area (Å²) in [5.41, 5.74) is 2.05. The van der Waals surface area contributed by atoms with E-state index in [0.717, 1.165) is 6.20 Å². The van der Waals surface area contributed by atoms with Crippen molar-refractivity contribution < 1.29 is 31.1 Å². The van der Waals surface area contributed by atoms with Gasteiger partial charge in [0.2, 0.25) is 0 Å². The lowest BCUT2D eigenvalue weighted by Gasteiger charge is -2.47. The predicted molar refractivity (Wildman–Crippen MR) is 231 cm³/mol. The highest BCUT2D eigenvalue weighted by molar-refractivity contribution is 7.90. The monoisotopic (exact) mass is 915 g/mol. The third-order valence-electron chi connectivity index (χ3n) is 11.3. The molecule has 1 amide bonds. The number of fused-ring (bicyclic) bond motifs is 2. The van der Waals surface area contributed by atoms with Crippen molar-refractivity contribution in [3.8, 4) is 29.0 Å². The summed E-state index contributed by atoms with van der Waals surface area (Å²) < 4.78 is 72.0. The number of ether oxygens (including phenoxy) is 1. The van der Waals surface area contributed by atoms with Gasteiger partial charge in [-0.3, -0.25) is 28.9 Å². The van der Waals surface area contributed by atoms with Crippen LogP contribution in [0.2, 0.25) is 5.02 Å². The van der Waals surface area contributed by atoms with Crippen LogP contribution in [-0.2, 0) is 21.3 Å². The Morgan fingerprint density at radius 1 is 1.11 bits per heavy atom. The standard InChI is InChI=1S/C43H37ClF3N9O5S2/c1-3-55(28-11-16-54(17-12-28)29-19-30(20-29)61-43(45,46)47)40-34(21-48)37-36(23-51-40)52-25(2)56(42(37)58)15-5-6-26-8-9-27(44)18-33(26)32-10-14-50-38-35(24-62-39(32)38)41(57)53-63(59,60)31-7-4-13-49-22-31/h4,7-10,13-14,18,22-24,28-30H,3,11-12,15-17,19-20H2,1-2H3,(H,53,57). The summed E-state index contributed by atoms with van der Waals surface area (Å²) in [7, 11) is -4.20. The molecule has 2 aliphatic rings. The van der Waals surface area contributed by atoms with Crippen molar-refractivity contribution in [1.82, 2.24) is 34.1 Å². The fourth-order valence-corrected chi connectivity index (χ4v) is 10.3. The minimum absolute atomic E-state index is 0.0150. The third-order valence-corrected chi connectivity index (χ3v) is 13.9. The first-order chi connectivity index (χ1) is 30.2. The number of alkyl halides is 3. The van der Waals surface area contributed by atoms with Gasteiger partial charge in [0.25, 0.3) is 21.5 Å². The van der Waals surface area contributed by atoms with Gasteiger partial charge in [-0.05, 0) is 75.9 Å². The summed E-state index contributed by atoms with van der Waals surface area (Å²) in [6.07, 6.45) is 2.15. The van der Waals surface area contributed by atoms with Crippen LogP contribution in [0.3, 0.4) is 0 Å². The molecule has 63 heavy (non-hydrogen) atoms. The van der Waals surface area contributed by atoms with Gasteiger partial charge in [0.1, 0.15) is 28.2 Å².